The molecule has 1 aromatic heterocycles. The molecule has 0 unspecified atom stereocenters. The molecule has 0 atom stereocenters. The van der Waals surface area contributed by atoms with E-state index >= 15 is 0 Å². The van der Waals surface area contributed by atoms with Crippen LogP contribution in [0.4, 0.5) is 4.39 Å². The van der Waals surface area contributed by atoms with E-state index in [0.29, 0.717) is 22.2 Å². The van der Waals surface area contributed by atoms with Crippen LogP contribution in [0.5, 0.6) is 0 Å². The second kappa shape index (κ2) is 3.77. The Bertz CT molecular complexity index is 625. The van der Waals surface area contributed by atoms with Gasteiger partial charge in [0.25, 0.3) is 0 Å². The van der Waals surface area contributed by atoms with E-state index in [1.54, 1.807) is 6.07 Å². The molecule has 0 radical (unpaired) electrons. The summed E-state index contributed by atoms with van der Waals surface area (Å²) in [4.78, 5) is 0. The molecular weight excluding hydrogens is 237 g/mol. The van der Waals surface area contributed by atoms with Crippen LogP contribution in [-0.2, 0) is 0 Å². The lowest BCUT2D eigenvalue weighted by molar-refractivity contribution is 0.625. The monoisotopic (exact) mass is 249 g/mol. The number of halogens is 1. The third-order valence-electron chi connectivity index (χ3n) is 2.98. The van der Waals surface area contributed by atoms with Crippen LogP contribution >= 0.6 is 12.2 Å². The maximum atomic E-state index is 13.9. The Morgan fingerprint density at radius 2 is 2.24 bits per heavy atom. The Kier molecular flexibility index (Phi) is 2.36. The number of hydrogen-bond acceptors (Lipinski definition) is 2. The van der Waals surface area contributed by atoms with E-state index in [1.807, 2.05) is 17.6 Å². The van der Waals surface area contributed by atoms with Crippen molar-refractivity contribution in [2.45, 2.75) is 25.8 Å². The van der Waals surface area contributed by atoms with Crippen LogP contribution in [0.25, 0.3) is 11.4 Å². The first-order valence-electron chi connectivity index (χ1n) is 5.60. The van der Waals surface area contributed by atoms with Crippen molar-refractivity contribution in [2.75, 3.05) is 0 Å². The summed E-state index contributed by atoms with van der Waals surface area (Å²) in [6, 6.07) is 5.54. The van der Waals surface area contributed by atoms with Gasteiger partial charge in [0.2, 0.25) is 0 Å². The van der Waals surface area contributed by atoms with Crippen molar-refractivity contribution in [1.82, 2.24) is 14.8 Å². The first-order valence-corrected chi connectivity index (χ1v) is 6.01. The number of aryl methyl sites for hydroxylation is 1. The number of aromatic amines is 1. The molecule has 0 amide bonds. The molecule has 1 aliphatic rings. The molecule has 0 bridgehead atoms. The Morgan fingerprint density at radius 3 is 2.88 bits per heavy atom. The highest BCUT2D eigenvalue weighted by molar-refractivity contribution is 7.71. The van der Waals surface area contributed by atoms with Crippen LogP contribution in [0, 0.1) is 17.5 Å². The van der Waals surface area contributed by atoms with Crippen LogP contribution in [0.3, 0.4) is 0 Å². The van der Waals surface area contributed by atoms with Gasteiger partial charge in [0.1, 0.15) is 5.82 Å². The standard InChI is InChI=1S/C12H12FN3S/c1-7-2-5-9(10(13)6-7)11-14-15-12(17)16(11)8-3-4-8/h2,5-6,8H,3-4H2,1H3,(H,15,17). The number of nitrogens with one attached hydrogen (secondary N) is 1. The lowest BCUT2D eigenvalue weighted by Gasteiger charge is -2.06. The molecule has 5 heteroatoms. The maximum absolute atomic E-state index is 13.9. The highest BCUT2D eigenvalue weighted by Crippen LogP contribution is 2.38. The molecular formula is C12H12FN3S. The SMILES string of the molecule is Cc1ccc(-c2n[nH]c(=S)n2C2CC2)c(F)c1. The lowest BCUT2D eigenvalue weighted by Crippen LogP contribution is -1.99. The molecule has 1 fully saturated rings. The van der Waals surface area contributed by atoms with Gasteiger partial charge in [-0.05, 0) is 49.7 Å². The summed E-state index contributed by atoms with van der Waals surface area (Å²) in [5.41, 5.74) is 1.41. The average molecular weight is 249 g/mol. The molecule has 88 valence electrons. The zero-order valence-corrected chi connectivity index (χ0v) is 10.2. The number of benzene rings is 1. The molecule has 17 heavy (non-hydrogen) atoms. The minimum Gasteiger partial charge on any atom is -0.297 e. The molecule has 3 nitrogen and oxygen atoms in total. The van der Waals surface area contributed by atoms with Crippen molar-refractivity contribution in [2.24, 2.45) is 0 Å². The van der Waals surface area contributed by atoms with E-state index in [2.05, 4.69) is 10.2 Å². The molecule has 0 saturated heterocycles. The number of H-pyrrole nitrogens is 1. The van der Waals surface area contributed by atoms with Gasteiger partial charge in [-0.2, -0.15) is 5.10 Å². The summed E-state index contributed by atoms with van der Waals surface area (Å²) >= 11 is 5.18. The van der Waals surface area contributed by atoms with Crippen LogP contribution in [0.15, 0.2) is 18.2 Å². The summed E-state index contributed by atoms with van der Waals surface area (Å²) in [5, 5.41) is 6.89. The van der Waals surface area contributed by atoms with Crippen LogP contribution in [0.1, 0.15) is 24.4 Å². The maximum Gasteiger partial charge on any atom is 0.195 e. The zero-order valence-electron chi connectivity index (χ0n) is 9.40. The van der Waals surface area contributed by atoms with Gasteiger partial charge in [0, 0.05) is 6.04 Å². The Labute approximate surface area is 103 Å². The molecule has 1 aliphatic carbocycles. The van der Waals surface area contributed by atoms with E-state index in [-0.39, 0.29) is 5.82 Å². The predicted molar refractivity (Wildman–Crippen MR) is 65.8 cm³/mol. The molecule has 1 aromatic carbocycles. The smallest absolute Gasteiger partial charge is 0.195 e. The highest BCUT2D eigenvalue weighted by Gasteiger charge is 2.28. The third kappa shape index (κ3) is 1.80. The van der Waals surface area contributed by atoms with Crippen molar-refractivity contribution in [3.63, 3.8) is 0 Å². The van der Waals surface area contributed by atoms with Crippen molar-refractivity contribution >= 4 is 12.2 Å². The number of nitrogens with zero attached hydrogens (tertiary/aromatic N) is 2. The van der Waals surface area contributed by atoms with E-state index in [4.69, 9.17) is 12.2 Å². The zero-order chi connectivity index (χ0) is 12.0. The second-order valence-electron chi connectivity index (χ2n) is 4.44. The topological polar surface area (TPSA) is 33.6 Å². The lowest BCUT2D eigenvalue weighted by atomic mass is 10.1. The fourth-order valence-electron chi connectivity index (χ4n) is 1.97. The van der Waals surface area contributed by atoms with Crippen LogP contribution in [0.2, 0.25) is 0 Å². The molecule has 1 heterocycles. The third-order valence-corrected chi connectivity index (χ3v) is 3.27. The summed E-state index contributed by atoms with van der Waals surface area (Å²) in [6.45, 7) is 1.87. The minimum atomic E-state index is -0.249. The van der Waals surface area contributed by atoms with Crippen molar-refractivity contribution in [3.05, 3.63) is 34.4 Å². The van der Waals surface area contributed by atoms with Crippen LogP contribution < -0.4 is 0 Å². The first-order chi connectivity index (χ1) is 8.16. The molecule has 0 aliphatic heterocycles. The van der Waals surface area contributed by atoms with Gasteiger partial charge in [-0.3, -0.25) is 9.67 Å². The average Bonchev–Trinajstić information content (AvgIpc) is 3.03. The van der Waals surface area contributed by atoms with E-state index in [0.717, 1.165) is 18.4 Å². The fraction of sp³-hybridized carbons (Fsp3) is 0.333. The van der Waals surface area contributed by atoms with E-state index in [9.17, 15) is 4.39 Å². The van der Waals surface area contributed by atoms with Gasteiger partial charge in [-0.1, -0.05) is 6.07 Å². The quantitative estimate of drug-likeness (QED) is 0.828. The summed E-state index contributed by atoms with van der Waals surface area (Å²) < 4.78 is 16.4. The summed E-state index contributed by atoms with van der Waals surface area (Å²) in [6.07, 6.45) is 2.18. The van der Waals surface area contributed by atoms with Gasteiger partial charge >= 0.3 is 0 Å². The fourth-order valence-corrected chi connectivity index (χ4v) is 2.25. The molecule has 1 N–H and O–H groups in total. The Hall–Kier alpha value is -1.49. The molecule has 3 rings (SSSR count). The molecule has 1 saturated carbocycles. The number of hydrogen-bond donors (Lipinski definition) is 1. The van der Waals surface area contributed by atoms with Gasteiger partial charge in [0.05, 0.1) is 5.56 Å². The first kappa shape index (κ1) is 10.7. The van der Waals surface area contributed by atoms with Gasteiger partial charge in [-0.15, -0.1) is 0 Å². The van der Waals surface area contributed by atoms with Crippen molar-refractivity contribution < 1.29 is 4.39 Å². The van der Waals surface area contributed by atoms with Crippen molar-refractivity contribution in [1.29, 1.82) is 0 Å². The van der Waals surface area contributed by atoms with Gasteiger partial charge in [-0.25, -0.2) is 4.39 Å². The highest BCUT2D eigenvalue weighted by atomic mass is 32.1. The second-order valence-corrected chi connectivity index (χ2v) is 4.82. The Balaban J connectivity index is 2.18. The number of rotatable bonds is 2. The summed E-state index contributed by atoms with van der Waals surface area (Å²) in [7, 11) is 0. The molecule has 2 aromatic rings. The largest absolute Gasteiger partial charge is 0.297 e. The normalized spacial score (nSPS) is 15.2. The molecule has 0 spiro atoms. The summed E-state index contributed by atoms with van der Waals surface area (Å²) in [5.74, 6) is 0.357. The number of aromatic nitrogens is 3. The van der Waals surface area contributed by atoms with Crippen LogP contribution in [-0.4, -0.2) is 14.8 Å². The van der Waals surface area contributed by atoms with Crippen molar-refractivity contribution in [3.8, 4) is 11.4 Å². The van der Waals surface area contributed by atoms with E-state index in [1.165, 1.54) is 6.07 Å². The van der Waals surface area contributed by atoms with E-state index < -0.39 is 0 Å². The predicted octanol–water partition coefficient (Wildman–Crippen LogP) is 3.39. The minimum absolute atomic E-state index is 0.249. The Morgan fingerprint density at radius 1 is 1.47 bits per heavy atom. The van der Waals surface area contributed by atoms with Gasteiger partial charge in [0.15, 0.2) is 10.6 Å². The van der Waals surface area contributed by atoms with Gasteiger partial charge < -0.3 is 0 Å².